The molecule has 5 heteroatoms. The number of aromatic nitrogens is 1. The molecule has 152 valence electrons. The smallest absolute Gasteiger partial charge is 0.227 e. The number of rotatable bonds is 4. The van der Waals surface area contributed by atoms with Gasteiger partial charge in [-0.2, -0.15) is 0 Å². The summed E-state index contributed by atoms with van der Waals surface area (Å²) in [6.45, 7) is 11.8. The first-order valence-electron chi connectivity index (χ1n) is 10.4. The van der Waals surface area contributed by atoms with Gasteiger partial charge in [0.05, 0.1) is 16.6 Å². The molecule has 0 spiro atoms. The van der Waals surface area contributed by atoms with E-state index in [1.54, 1.807) is 11.3 Å². The van der Waals surface area contributed by atoms with Crippen molar-refractivity contribution < 1.29 is 4.79 Å². The number of aryl methyl sites for hydroxylation is 2. The summed E-state index contributed by atoms with van der Waals surface area (Å²) in [6.07, 6.45) is 0.491. The molecule has 1 aliphatic rings. The van der Waals surface area contributed by atoms with Gasteiger partial charge >= 0.3 is 0 Å². The van der Waals surface area contributed by atoms with Gasteiger partial charge < -0.3 is 9.80 Å². The van der Waals surface area contributed by atoms with Crippen molar-refractivity contribution in [2.45, 2.75) is 40.0 Å². The number of benzene rings is 2. The number of piperazine rings is 1. The summed E-state index contributed by atoms with van der Waals surface area (Å²) in [5.74, 6) is 0.691. The van der Waals surface area contributed by atoms with Crippen molar-refractivity contribution in [2.75, 3.05) is 31.1 Å². The molecule has 0 bridgehead atoms. The lowest BCUT2D eigenvalue weighted by Gasteiger charge is -2.34. The summed E-state index contributed by atoms with van der Waals surface area (Å²) >= 11 is 1.76. The minimum absolute atomic E-state index is 0.225. The lowest BCUT2D eigenvalue weighted by molar-refractivity contribution is -0.130. The van der Waals surface area contributed by atoms with E-state index in [2.05, 4.69) is 69.0 Å². The zero-order chi connectivity index (χ0) is 20.5. The maximum Gasteiger partial charge on any atom is 0.227 e. The predicted octanol–water partition coefficient (Wildman–Crippen LogP) is 4.93. The second-order valence-corrected chi connectivity index (χ2v) is 9.33. The van der Waals surface area contributed by atoms with Crippen molar-refractivity contribution in [3.05, 3.63) is 58.7 Å². The number of carbonyl (C=O) groups excluding carboxylic acids is 1. The zero-order valence-corrected chi connectivity index (χ0v) is 18.6. The molecule has 1 aliphatic heterocycles. The first-order chi connectivity index (χ1) is 13.9. The lowest BCUT2D eigenvalue weighted by atomic mass is 10.0. The maximum atomic E-state index is 12.8. The summed E-state index contributed by atoms with van der Waals surface area (Å²) < 4.78 is 1.25. The SMILES string of the molecule is Cc1ccc(CC(=O)N2CCN(c3nc4c(C(C)C)cccc4s3)CC2)c(C)c1. The molecule has 4 nitrogen and oxygen atoms in total. The standard InChI is InChI=1S/C24H29N3OS/c1-16(2)20-6-5-7-21-23(20)25-24(29-21)27-12-10-26(11-13-27)22(28)15-19-9-8-17(3)14-18(19)4/h5-9,14,16H,10-13,15H2,1-4H3. The molecule has 0 aliphatic carbocycles. The van der Waals surface area contributed by atoms with E-state index in [1.807, 2.05) is 4.90 Å². The zero-order valence-electron chi connectivity index (χ0n) is 17.7. The van der Waals surface area contributed by atoms with E-state index in [-0.39, 0.29) is 5.91 Å². The second kappa shape index (κ2) is 8.15. The highest BCUT2D eigenvalue weighted by Gasteiger charge is 2.24. The van der Waals surface area contributed by atoms with Gasteiger partial charge in [0.15, 0.2) is 5.13 Å². The molecule has 0 radical (unpaired) electrons. The van der Waals surface area contributed by atoms with Gasteiger partial charge in [0.25, 0.3) is 0 Å². The van der Waals surface area contributed by atoms with Crippen molar-refractivity contribution in [1.29, 1.82) is 0 Å². The van der Waals surface area contributed by atoms with Gasteiger partial charge in [-0.05, 0) is 42.5 Å². The van der Waals surface area contributed by atoms with Gasteiger partial charge in [-0.3, -0.25) is 4.79 Å². The van der Waals surface area contributed by atoms with Crippen LogP contribution in [0, 0.1) is 13.8 Å². The molecule has 2 aromatic carbocycles. The van der Waals surface area contributed by atoms with Gasteiger partial charge in [0.2, 0.25) is 5.91 Å². The number of fused-ring (bicyclic) bond motifs is 1. The van der Waals surface area contributed by atoms with E-state index in [1.165, 1.54) is 21.4 Å². The molecular weight excluding hydrogens is 378 g/mol. The molecule has 0 unspecified atom stereocenters. The number of thiazole rings is 1. The Morgan fingerprint density at radius 2 is 1.86 bits per heavy atom. The molecule has 1 amide bonds. The quantitative estimate of drug-likeness (QED) is 0.615. The predicted molar refractivity (Wildman–Crippen MR) is 122 cm³/mol. The summed E-state index contributed by atoms with van der Waals surface area (Å²) in [6, 6.07) is 12.8. The van der Waals surface area contributed by atoms with Crippen LogP contribution in [0.2, 0.25) is 0 Å². The topological polar surface area (TPSA) is 36.4 Å². The fourth-order valence-electron chi connectivity index (χ4n) is 4.03. The first kappa shape index (κ1) is 19.9. The Kier molecular flexibility index (Phi) is 5.59. The van der Waals surface area contributed by atoms with E-state index >= 15 is 0 Å². The summed E-state index contributed by atoms with van der Waals surface area (Å²) in [4.78, 5) is 22.1. The molecule has 1 saturated heterocycles. The number of amides is 1. The largest absolute Gasteiger partial charge is 0.345 e. The van der Waals surface area contributed by atoms with Gasteiger partial charge in [-0.15, -0.1) is 0 Å². The highest BCUT2D eigenvalue weighted by Crippen LogP contribution is 2.33. The number of nitrogens with zero attached hydrogens (tertiary/aromatic N) is 3. The number of para-hydroxylation sites is 1. The van der Waals surface area contributed by atoms with E-state index in [0.29, 0.717) is 12.3 Å². The molecule has 0 N–H and O–H groups in total. The Balaban J connectivity index is 1.42. The maximum absolute atomic E-state index is 12.8. The Morgan fingerprint density at radius 3 is 2.55 bits per heavy atom. The van der Waals surface area contributed by atoms with Crippen molar-refractivity contribution in [1.82, 2.24) is 9.88 Å². The molecule has 0 atom stereocenters. The van der Waals surface area contributed by atoms with Crippen LogP contribution in [0.4, 0.5) is 5.13 Å². The Bertz CT molecular complexity index is 1030. The number of hydrogen-bond acceptors (Lipinski definition) is 4. The number of anilines is 1. The van der Waals surface area contributed by atoms with Crippen LogP contribution < -0.4 is 4.90 Å². The summed E-state index contributed by atoms with van der Waals surface area (Å²) in [7, 11) is 0. The van der Waals surface area contributed by atoms with Crippen LogP contribution in [-0.4, -0.2) is 42.0 Å². The minimum Gasteiger partial charge on any atom is -0.345 e. The third kappa shape index (κ3) is 4.15. The van der Waals surface area contributed by atoms with Crippen molar-refractivity contribution >= 4 is 32.6 Å². The first-order valence-corrected chi connectivity index (χ1v) is 11.2. The van der Waals surface area contributed by atoms with Gasteiger partial charge in [0, 0.05) is 26.2 Å². The van der Waals surface area contributed by atoms with Crippen molar-refractivity contribution in [2.24, 2.45) is 0 Å². The normalized spacial score (nSPS) is 14.8. The summed E-state index contributed by atoms with van der Waals surface area (Å²) in [5.41, 5.74) is 6.02. The van der Waals surface area contributed by atoms with Crippen LogP contribution in [-0.2, 0) is 11.2 Å². The summed E-state index contributed by atoms with van der Waals surface area (Å²) in [5, 5.41) is 1.08. The Hall–Kier alpha value is -2.40. The second-order valence-electron chi connectivity index (χ2n) is 8.32. The fraction of sp³-hybridized carbons (Fsp3) is 0.417. The highest BCUT2D eigenvalue weighted by molar-refractivity contribution is 7.22. The molecule has 1 aromatic heterocycles. The van der Waals surface area contributed by atoms with Gasteiger partial charge in [-0.25, -0.2) is 4.98 Å². The van der Waals surface area contributed by atoms with Crippen LogP contribution in [0.1, 0.15) is 42.0 Å². The average Bonchev–Trinajstić information content (AvgIpc) is 3.14. The van der Waals surface area contributed by atoms with E-state index < -0.39 is 0 Å². The molecule has 29 heavy (non-hydrogen) atoms. The van der Waals surface area contributed by atoms with Gasteiger partial charge in [-0.1, -0.05) is 61.1 Å². The Morgan fingerprint density at radius 1 is 1.10 bits per heavy atom. The van der Waals surface area contributed by atoms with Crippen molar-refractivity contribution in [3.8, 4) is 0 Å². The molecule has 0 saturated carbocycles. The van der Waals surface area contributed by atoms with Crippen LogP contribution >= 0.6 is 11.3 Å². The van der Waals surface area contributed by atoms with Crippen LogP contribution in [0.15, 0.2) is 36.4 Å². The van der Waals surface area contributed by atoms with E-state index in [4.69, 9.17) is 4.98 Å². The van der Waals surface area contributed by atoms with Crippen molar-refractivity contribution in [3.63, 3.8) is 0 Å². The minimum atomic E-state index is 0.225. The molecule has 1 fully saturated rings. The molecule has 4 rings (SSSR count). The number of hydrogen-bond donors (Lipinski definition) is 0. The van der Waals surface area contributed by atoms with Crippen LogP contribution in [0.5, 0.6) is 0 Å². The molecule has 3 aromatic rings. The Labute approximate surface area is 177 Å². The van der Waals surface area contributed by atoms with E-state index in [9.17, 15) is 4.79 Å². The monoisotopic (exact) mass is 407 g/mol. The van der Waals surface area contributed by atoms with Crippen LogP contribution in [0.25, 0.3) is 10.2 Å². The third-order valence-electron chi connectivity index (χ3n) is 5.80. The van der Waals surface area contributed by atoms with E-state index in [0.717, 1.165) is 42.4 Å². The highest BCUT2D eigenvalue weighted by atomic mass is 32.1. The lowest BCUT2D eigenvalue weighted by Crippen LogP contribution is -2.49. The van der Waals surface area contributed by atoms with Crippen LogP contribution in [0.3, 0.4) is 0 Å². The average molecular weight is 408 g/mol. The molecular formula is C24H29N3OS. The fourth-order valence-corrected chi connectivity index (χ4v) is 5.08. The number of carbonyl (C=O) groups is 1. The molecule has 2 heterocycles. The third-order valence-corrected chi connectivity index (χ3v) is 6.88. The van der Waals surface area contributed by atoms with Gasteiger partial charge in [0.1, 0.15) is 0 Å².